The molecule has 0 bridgehead atoms. The molecular weight excluding hydrogens is 344 g/mol. The molecule has 0 heterocycles. The zero-order valence-electron chi connectivity index (χ0n) is 15.4. The Hall–Kier alpha value is -2.50. The molecule has 0 saturated carbocycles. The van der Waals surface area contributed by atoms with Crippen LogP contribution >= 0.6 is 0 Å². The van der Waals surface area contributed by atoms with E-state index in [2.05, 4.69) is 0 Å². The second kappa shape index (κ2) is 12.0. The Bertz CT molecular complexity index is 684. The Morgan fingerprint density at radius 1 is 0.889 bits per heavy atom. The number of carboxylic acids is 1. The lowest BCUT2D eigenvalue weighted by Crippen LogP contribution is -2.28. The molecule has 144 valence electrons. The predicted molar refractivity (Wildman–Crippen MR) is 102 cm³/mol. The Labute approximate surface area is 159 Å². The van der Waals surface area contributed by atoms with E-state index in [-0.39, 0.29) is 5.78 Å². The van der Waals surface area contributed by atoms with Crippen LogP contribution in [0.25, 0.3) is 0 Å². The van der Waals surface area contributed by atoms with Crippen molar-refractivity contribution in [2.45, 2.75) is 38.4 Å². The van der Waals surface area contributed by atoms with Gasteiger partial charge >= 0.3 is 5.97 Å². The SMILES string of the molecule is O=C(O)CC(=O)C(CCc1ccccc1)OCCCOCc1ccccc1. The Balaban J connectivity index is 1.72. The number of ether oxygens (including phenoxy) is 2. The van der Waals surface area contributed by atoms with Gasteiger partial charge in [0.05, 0.1) is 6.61 Å². The Kier molecular flexibility index (Phi) is 9.24. The average Bonchev–Trinajstić information content (AvgIpc) is 2.67. The van der Waals surface area contributed by atoms with Crippen molar-refractivity contribution in [1.29, 1.82) is 0 Å². The highest BCUT2D eigenvalue weighted by Crippen LogP contribution is 2.11. The first-order valence-electron chi connectivity index (χ1n) is 9.17. The van der Waals surface area contributed by atoms with Crippen LogP contribution in [0.5, 0.6) is 0 Å². The van der Waals surface area contributed by atoms with Crippen LogP contribution in [0.1, 0.15) is 30.4 Å². The molecule has 0 amide bonds. The third-order valence-corrected chi connectivity index (χ3v) is 4.09. The van der Waals surface area contributed by atoms with Crippen molar-refractivity contribution in [3.63, 3.8) is 0 Å². The maximum atomic E-state index is 12.1. The predicted octanol–water partition coefficient (Wildman–Crippen LogP) is 3.66. The third kappa shape index (κ3) is 8.62. The van der Waals surface area contributed by atoms with Crippen molar-refractivity contribution in [1.82, 2.24) is 0 Å². The molecule has 0 aliphatic heterocycles. The third-order valence-electron chi connectivity index (χ3n) is 4.09. The van der Waals surface area contributed by atoms with Crippen molar-refractivity contribution < 1.29 is 24.2 Å². The molecule has 2 aromatic rings. The van der Waals surface area contributed by atoms with Crippen molar-refractivity contribution in [3.8, 4) is 0 Å². The van der Waals surface area contributed by atoms with Crippen molar-refractivity contribution in [3.05, 3.63) is 71.8 Å². The minimum absolute atomic E-state index is 0.361. The molecule has 1 atom stereocenters. The summed E-state index contributed by atoms with van der Waals surface area (Å²) in [6.45, 7) is 1.42. The second-order valence-electron chi connectivity index (χ2n) is 6.31. The fourth-order valence-electron chi connectivity index (χ4n) is 2.69. The first-order chi connectivity index (χ1) is 13.1. The molecule has 27 heavy (non-hydrogen) atoms. The molecule has 0 spiro atoms. The Morgan fingerprint density at radius 2 is 1.52 bits per heavy atom. The van der Waals surface area contributed by atoms with Crippen LogP contribution in [-0.2, 0) is 32.1 Å². The van der Waals surface area contributed by atoms with Crippen LogP contribution in [0.4, 0.5) is 0 Å². The first kappa shape index (κ1) is 20.8. The van der Waals surface area contributed by atoms with Gasteiger partial charge in [0.1, 0.15) is 12.5 Å². The molecule has 0 aliphatic carbocycles. The summed E-state index contributed by atoms with van der Waals surface area (Å²) in [5.41, 5.74) is 2.20. The number of hydrogen-bond acceptors (Lipinski definition) is 4. The summed E-state index contributed by atoms with van der Waals surface area (Å²) in [5.74, 6) is -1.51. The van der Waals surface area contributed by atoms with Crippen LogP contribution in [0.15, 0.2) is 60.7 Å². The van der Waals surface area contributed by atoms with Gasteiger partial charge in [0.25, 0.3) is 0 Å². The van der Waals surface area contributed by atoms with E-state index in [4.69, 9.17) is 14.6 Å². The number of ketones is 1. The molecule has 0 saturated heterocycles. The number of Topliss-reactive ketones (excluding diaryl/α,β-unsaturated/α-hetero) is 1. The standard InChI is InChI=1S/C22H26O5/c23-20(16-22(24)25)21(13-12-18-8-3-1-4-9-18)27-15-7-14-26-17-19-10-5-2-6-11-19/h1-6,8-11,21H,7,12-17H2,(H,24,25). The van der Waals surface area contributed by atoms with E-state index in [1.807, 2.05) is 60.7 Å². The summed E-state index contributed by atoms with van der Waals surface area (Å²) in [7, 11) is 0. The smallest absolute Gasteiger partial charge is 0.310 e. The average molecular weight is 370 g/mol. The van der Waals surface area contributed by atoms with E-state index in [1.54, 1.807) is 0 Å². The Morgan fingerprint density at radius 3 is 2.15 bits per heavy atom. The quantitative estimate of drug-likeness (QED) is 0.430. The maximum absolute atomic E-state index is 12.1. The normalized spacial score (nSPS) is 11.9. The molecule has 1 N–H and O–H groups in total. The summed E-state index contributed by atoms with van der Waals surface area (Å²) in [6, 6.07) is 19.7. The van der Waals surface area contributed by atoms with Gasteiger partial charge < -0.3 is 14.6 Å². The van der Waals surface area contributed by atoms with E-state index in [0.29, 0.717) is 39.1 Å². The lowest BCUT2D eigenvalue weighted by molar-refractivity contribution is -0.144. The fraction of sp³-hybridized carbons (Fsp3) is 0.364. The highest BCUT2D eigenvalue weighted by molar-refractivity contribution is 5.97. The van der Waals surface area contributed by atoms with E-state index >= 15 is 0 Å². The zero-order chi connectivity index (χ0) is 19.3. The number of rotatable bonds is 13. The van der Waals surface area contributed by atoms with Crippen LogP contribution in [0.3, 0.4) is 0 Å². The van der Waals surface area contributed by atoms with Crippen LogP contribution in [0, 0.1) is 0 Å². The van der Waals surface area contributed by atoms with Crippen molar-refractivity contribution in [2.75, 3.05) is 13.2 Å². The monoisotopic (exact) mass is 370 g/mol. The van der Waals surface area contributed by atoms with Crippen LogP contribution < -0.4 is 0 Å². The molecule has 0 radical (unpaired) electrons. The summed E-state index contributed by atoms with van der Waals surface area (Å²) < 4.78 is 11.3. The van der Waals surface area contributed by atoms with Crippen LogP contribution in [0.2, 0.25) is 0 Å². The maximum Gasteiger partial charge on any atom is 0.310 e. The number of carbonyl (C=O) groups is 2. The summed E-state index contributed by atoms with van der Waals surface area (Å²) in [5, 5.41) is 8.87. The summed E-state index contributed by atoms with van der Waals surface area (Å²) in [6.07, 6.45) is 0.580. The molecular formula is C22H26O5. The van der Waals surface area contributed by atoms with Crippen LogP contribution in [-0.4, -0.2) is 36.2 Å². The number of carboxylic acid groups (broad SMARTS) is 1. The fourth-order valence-corrected chi connectivity index (χ4v) is 2.69. The molecule has 5 nitrogen and oxygen atoms in total. The lowest BCUT2D eigenvalue weighted by Gasteiger charge is -2.16. The molecule has 0 fully saturated rings. The van der Waals surface area contributed by atoms with E-state index < -0.39 is 18.5 Å². The van der Waals surface area contributed by atoms with Gasteiger partial charge in [-0.3, -0.25) is 9.59 Å². The van der Waals surface area contributed by atoms with Gasteiger partial charge in [0, 0.05) is 13.2 Å². The number of aryl methyl sites for hydroxylation is 1. The second-order valence-corrected chi connectivity index (χ2v) is 6.31. The largest absolute Gasteiger partial charge is 0.481 e. The number of hydrogen-bond donors (Lipinski definition) is 1. The van der Waals surface area contributed by atoms with E-state index in [0.717, 1.165) is 11.1 Å². The van der Waals surface area contributed by atoms with E-state index in [9.17, 15) is 9.59 Å². The number of aliphatic carboxylic acids is 1. The topological polar surface area (TPSA) is 72.8 Å². The minimum atomic E-state index is -1.13. The van der Waals surface area contributed by atoms with Gasteiger partial charge in [0.2, 0.25) is 0 Å². The summed E-state index contributed by atoms with van der Waals surface area (Å²) in [4.78, 5) is 23.0. The zero-order valence-corrected chi connectivity index (χ0v) is 15.4. The number of benzene rings is 2. The van der Waals surface area contributed by atoms with Gasteiger partial charge in [-0.25, -0.2) is 0 Å². The van der Waals surface area contributed by atoms with Gasteiger partial charge in [0.15, 0.2) is 5.78 Å². The number of carbonyl (C=O) groups excluding carboxylic acids is 1. The molecule has 1 unspecified atom stereocenters. The molecule has 0 aromatic heterocycles. The van der Waals surface area contributed by atoms with Gasteiger partial charge in [-0.1, -0.05) is 60.7 Å². The van der Waals surface area contributed by atoms with E-state index in [1.165, 1.54) is 0 Å². The summed E-state index contributed by atoms with van der Waals surface area (Å²) >= 11 is 0. The molecule has 2 aromatic carbocycles. The first-order valence-corrected chi connectivity index (χ1v) is 9.17. The highest BCUT2D eigenvalue weighted by atomic mass is 16.5. The van der Waals surface area contributed by atoms with Gasteiger partial charge in [-0.2, -0.15) is 0 Å². The van der Waals surface area contributed by atoms with Gasteiger partial charge in [-0.05, 0) is 30.4 Å². The molecule has 0 aliphatic rings. The molecule has 5 heteroatoms. The van der Waals surface area contributed by atoms with Crippen molar-refractivity contribution in [2.24, 2.45) is 0 Å². The minimum Gasteiger partial charge on any atom is -0.481 e. The molecule has 2 rings (SSSR count). The highest BCUT2D eigenvalue weighted by Gasteiger charge is 2.21. The van der Waals surface area contributed by atoms with Crippen molar-refractivity contribution >= 4 is 11.8 Å². The van der Waals surface area contributed by atoms with Gasteiger partial charge in [-0.15, -0.1) is 0 Å². The lowest BCUT2D eigenvalue weighted by atomic mass is 10.0.